The summed E-state index contributed by atoms with van der Waals surface area (Å²) >= 11 is 0. The van der Waals surface area contributed by atoms with E-state index in [0.717, 1.165) is 49.9 Å². The summed E-state index contributed by atoms with van der Waals surface area (Å²) in [7, 11) is 0. The van der Waals surface area contributed by atoms with Crippen molar-refractivity contribution in [1.29, 1.82) is 0 Å². The van der Waals surface area contributed by atoms with Crippen LogP contribution in [0, 0.1) is 0 Å². The Morgan fingerprint density at radius 3 is 2.63 bits per heavy atom. The van der Waals surface area contributed by atoms with Gasteiger partial charge in [-0.25, -0.2) is 5.43 Å². The van der Waals surface area contributed by atoms with Crippen LogP contribution in [-0.4, -0.2) is 16.6 Å². The second-order valence-electron chi connectivity index (χ2n) is 4.25. The molecule has 1 aromatic heterocycles. The summed E-state index contributed by atoms with van der Waals surface area (Å²) in [6.45, 7) is 0. The molecule has 102 valence electrons. The van der Waals surface area contributed by atoms with E-state index >= 15 is 0 Å². The van der Waals surface area contributed by atoms with Crippen LogP contribution in [0.2, 0.25) is 0 Å². The maximum Gasteiger partial charge on any atom is 0.417 e. The fraction of sp³-hybridized carbons (Fsp3) is 0.417. The highest BCUT2D eigenvalue weighted by Crippen LogP contribution is 2.31. The normalized spacial score (nSPS) is 15.4. The Morgan fingerprint density at radius 2 is 2.00 bits per heavy atom. The summed E-state index contributed by atoms with van der Waals surface area (Å²) in [5, 5.41) is 3.84. The predicted molar refractivity (Wildman–Crippen MR) is 62.6 cm³/mol. The molecule has 0 aliphatic heterocycles. The molecule has 0 radical (unpaired) electrons. The van der Waals surface area contributed by atoms with Gasteiger partial charge in [-0.05, 0) is 31.7 Å². The second-order valence-corrected chi connectivity index (χ2v) is 4.25. The van der Waals surface area contributed by atoms with Gasteiger partial charge in [-0.3, -0.25) is 9.78 Å². The molecule has 7 heteroatoms. The fourth-order valence-electron chi connectivity index (χ4n) is 1.91. The molecule has 1 amide bonds. The molecule has 1 aliphatic carbocycles. The number of aromatic nitrogens is 1. The summed E-state index contributed by atoms with van der Waals surface area (Å²) in [5.41, 5.74) is 1.45. The highest BCUT2D eigenvalue weighted by atomic mass is 19.4. The van der Waals surface area contributed by atoms with Crippen LogP contribution in [0.25, 0.3) is 0 Å². The number of hydrogen-bond donors (Lipinski definition) is 1. The molecule has 2 rings (SSSR count). The zero-order chi connectivity index (χ0) is 13.9. The standard InChI is InChI=1S/C12H12F3N3O/c13-12(14,15)10-5-6-16-7-9(10)11(19)18-17-8-3-1-2-4-8/h5-7H,1-4H2,(H,18,19). The van der Waals surface area contributed by atoms with Gasteiger partial charge in [0.05, 0.1) is 11.1 Å². The average molecular weight is 271 g/mol. The minimum atomic E-state index is -4.59. The Labute approximate surface area is 107 Å². The van der Waals surface area contributed by atoms with Crippen LogP contribution in [0.15, 0.2) is 23.6 Å². The van der Waals surface area contributed by atoms with Gasteiger partial charge in [-0.15, -0.1) is 0 Å². The second kappa shape index (κ2) is 5.38. The van der Waals surface area contributed by atoms with Gasteiger partial charge >= 0.3 is 6.18 Å². The number of pyridine rings is 1. The molecule has 1 aliphatic rings. The van der Waals surface area contributed by atoms with Gasteiger partial charge in [0.2, 0.25) is 0 Å². The van der Waals surface area contributed by atoms with Gasteiger partial charge in [0.25, 0.3) is 5.91 Å². The summed E-state index contributed by atoms with van der Waals surface area (Å²) in [6.07, 6.45) is 0.856. The molecule has 1 heterocycles. The van der Waals surface area contributed by atoms with Gasteiger partial charge < -0.3 is 0 Å². The van der Waals surface area contributed by atoms with Gasteiger partial charge in [-0.1, -0.05) is 0 Å². The number of amides is 1. The van der Waals surface area contributed by atoms with Crippen molar-refractivity contribution < 1.29 is 18.0 Å². The predicted octanol–water partition coefficient (Wildman–Crippen LogP) is 2.76. The van der Waals surface area contributed by atoms with E-state index in [4.69, 9.17) is 0 Å². The van der Waals surface area contributed by atoms with E-state index < -0.39 is 23.2 Å². The number of hydrazone groups is 1. The van der Waals surface area contributed by atoms with E-state index in [1.54, 1.807) is 0 Å². The van der Waals surface area contributed by atoms with E-state index in [0.29, 0.717) is 0 Å². The van der Waals surface area contributed by atoms with Crippen molar-refractivity contribution in [3.63, 3.8) is 0 Å². The van der Waals surface area contributed by atoms with Gasteiger partial charge in [-0.2, -0.15) is 18.3 Å². The van der Waals surface area contributed by atoms with Crippen molar-refractivity contribution in [3.05, 3.63) is 29.6 Å². The van der Waals surface area contributed by atoms with E-state index in [2.05, 4.69) is 15.5 Å². The number of carbonyl (C=O) groups excluding carboxylic acids is 1. The lowest BCUT2D eigenvalue weighted by atomic mass is 10.1. The van der Waals surface area contributed by atoms with Crippen molar-refractivity contribution in [1.82, 2.24) is 10.4 Å². The number of hydrogen-bond acceptors (Lipinski definition) is 3. The molecule has 1 saturated carbocycles. The number of rotatable bonds is 2. The first-order chi connectivity index (χ1) is 8.98. The molecule has 0 unspecified atom stereocenters. The molecule has 0 spiro atoms. The maximum absolute atomic E-state index is 12.7. The highest BCUT2D eigenvalue weighted by molar-refractivity contribution is 5.96. The summed E-state index contributed by atoms with van der Waals surface area (Å²) in [6, 6.07) is 0.775. The highest BCUT2D eigenvalue weighted by Gasteiger charge is 2.35. The molecule has 0 atom stereocenters. The Morgan fingerprint density at radius 1 is 1.32 bits per heavy atom. The SMILES string of the molecule is O=C(NN=C1CCCC1)c1cnccc1C(F)(F)F. The topological polar surface area (TPSA) is 54.4 Å². The first-order valence-electron chi connectivity index (χ1n) is 5.85. The first-order valence-corrected chi connectivity index (χ1v) is 5.85. The van der Waals surface area contributed by atoms with Crippen molar-refractivity contribution in [3.8, 4) is 0 Å². The molecule has 19 heavy (non-hydrogen) atoms. The number of carbonyl (C=O) groups is 1. The molecule has 1 fully saturated rings. The number of nitrogens with one attached hydrogen (secondary N) is 1. The van der Waals surface area contributed by atoms with E-state index in [-0.39, 0.29) is 0 Å². The molecule has 0 bridgehead atoms. The zero-order valence-electron chi connectivity index (χ0n) is 10.00. The summed E-state index contributed by atoms with van der Waals surface area (Å²) in [5.74, 6) is -0.889. The van der Waals surface area contributed by atoms with Crippen LogP contribution in [0.1, 0.15) is 41.6 Å². The van der Waals surface area contributed by atoms with E-state index in [9.17, 15) is 18.0 Å². The molecule has 0 saturated heterocycles. The summed E-state index contributed by atoms with van der Waals surface area (Å²) < 4.78 is 38.1. The molecule has 1 aromatic rings. The lowest BCUT2D eigenvalue weighted by Gasteiger charge is -2.10. The summed E-state index contributed by atoms with van der Waals surface area (Å²) in [4.78, 5) is 15.3. The van der Waals surface area contributed by atoms with Gasteiger partial charge in [0.1, 0.15) is 0 Å². The van der Waals surface area contributed by atoms with Crippen molar-refractivity contribution in [2.24, 2.45) is 5.10 Å². The number of halogens is 3. The Hall–Kier alpha value is -1.92. The van der Waals surface area contributed by atoms with Gasteiger partial charge in [0, 0.05) is 18.1 Å². The fourth-order valence-corrected chi connectivity index (χ4v) is 1.91. The van der Waals surface area contributed by atoms with Crippen LogP contribution in [-0.2, 0) is 6.18 Å². The first kappa shape index (κ1) is 13.5. The number of nitrogens with zero attached hydrogens (tertiary/aromatic N) is 2. The van der Waals surface area contributed by atoms with Crippen LogP contribution < -0.4 is 5.43 Å². The Balaban J connectivity index is 2.17. The Kier molecular flexibility index (Phi) is 3.82. The van der Waals surface area contributed by atoms with Crippen molar-refractivity contribution in [2.75, 3.05) is 0 Å². The van der Waals surface area contributed by atoms with Crippen LogP contribution >= 0.6 is 0 Å². The number of alkyl halides is 3. The molecule has 1 N–H and O–H groups in total. The third-order valence-electron chi connectivity index (χ3n) is 2.87. The average Bonchev–Trinajstić information content (AvgIpc) is 2.88. The minimum Gasteiger partial charge on any atom is -0.267 e. The largest absolute Gasteiger partial charge is 0.417 e. The van der Waals surface area contributed by atoms with Crippen LogP contribution in [0.4, 0.5) is 13.2 Å². The molecular formula is C12H12F3N3O. The monoisotopic (exact) mass is 271 g/mol. The zero-order valence-corrected chi connectivity index (χ0v) is 10.00. The van der Waals surface area contributed by atoms with E-state index in [1.807, 2.05) is 0 Å². The van der Waals surface area contributed by atoms with Crippen molar-refractivity contribution in [2.45, 2.75) is 31.9 Å². The van der Waals surface area contributed by atoms with Gasteiger partial charge in [0.15, 0.2) is 0 Å². The third kappa shape index (κ3) is 3.30. The quantitative estimate of drug-likeness (QED) is 0.841. The third-order valence-corrected chi connectivity index (χ3v) is 2.87. The van der Waals surface area contributed by atoms with Crippen LogP contribution in [0.5, 0.6) is 0 Å². The lowest BCUT2D eigenvalue weighted by Crippen LogP contribution is -2.23. The molecule has 4 nitrogen and oxygen atoms in total. The lowest BCUT2D eigenvalue weighted by molar-refractivity contribution is -0.138. The van der Waals surface area contributed by atoms with Crippen molar-refractivity contribution >= 4 is 11.6 Å². The smallest absolute Gasteiger partial charge is 0.267 e. The Bertz CT molecular complexity index is 503. The maximum atomic E-state index is 12.7. The van der Waals surface area contributed by atoms with E-state index in [1.165, 1.54) is 0 Å². The van der Waals surface area contributed by atoms with Crippen LogP contribution in [0.3, 0.4) is 0 Å². The molecular weight excluding hydrogens is 259 g/mol. The minimum absolute atomic E-state index is 0.516. The molecule has 0 aromatic carbocycles.